The molecule has 4 rings (SSSR count). The van der Waals surface area contributed by atoms with Crippen LogP contribution in [0.4, 0.5) is 0 Å². The molecule has 1 aliphatic rings. The Bertz CT molecular complexity index is 1260. The third kappa shape index (κ3) is 3.84. The first-order valence-electron chi connectivity index (χ1n) is 9.34. The fraction of sp³-hybridized carbons (Fsp3) is 0.0833. The highest BCUT2D eigenvalue weighted by molar-refractivity contribution is 6.36. The zero-order chi connectivity index (χ0) is 22.1. The lowest BCUT2D eigenvalue weighted by atomic mass is 9.83. The van der Waals surface area contributed by atoms with Crippen LogP contribution in [0.1, 0.15) is 33.0 Å². The Morgan fingerprint density at radius 2 is 1.81 bits per heavy atom. The van der Waals surface area contributed by atoms with Crippen LogP contribution >= 0.6 is 23.2 Å². The van der Waals surface area contributed by atoms with Gasteiger partial charge in [-0.1, -0.05) is 53.5 Å². The third-order valence-electron chi connectivity index (χ3n) is 5.05. The van der Waals surface area contributed by atoms with Gasteiger partial charge >= 0.3 is 5.97 Å². The highest BCUT2D eigenvalue weighted by Gasteiger charge is 2.33. The lowest BCUT2D eigenvalue weighted by Crippen LogP contribution is -2.21. The summed E-state index contributed by atoms with van der Waals surface area (Å²) in [7, 11) is 0. The van der Waals surface area contributed by atoms with E-state index in [4.69, 9.17) is 38.4 Å². The van der Waals surface area contributed by atoms with E-state index in [1.165, 1.54) is 0 Å². The predicted octanol–water partition coefficient (Wildman–Crippen LogP) is 5.74. The summed E-state index contributed by atoms with van der Waals surface area (Å²) in [6, 6.07) is 19.3. The van der Waals surface area contributed by atoms with Crippen LogP contribution in [0.2, 0.25) is 10.0 Å². The SMILES string of the molecule is Cc1ccccc1C(=O)Oc1ccc2c(c1)OC(N)=C(C#N)C2c1c(Cl)cccc1Cl. The molecule has 3 aromatic rings. The number of halogens is 2. The monoisotopic (exact) mass is 450 g/mol. The molecule has 0 bridgehead atoms. The van der Waals surface area contributed by atoms with Gasteiger partial charge in [0.1, 0.15) is 23.1 Å². The molecule has 7 heteroatoms. The number of fused-ring (bicyclic) bond motifs is 1. The second-order valence-corrected chi connectivity index (χ2v) is 7.78. The molecule has 0 aromatic heterocycles. The van der Waals surface area contributed by atoms with Gasteiger partial charge < -0.3 is 15.2 Å². The van der Waals surface area contributed by atoms with Crippen LogP contribution in [-0.4, -0.2) is 5.97 Å². The summed E-state index contributed by atoms with van der Waals surface area (Å²) in [4.78, 5) is 12.6. The van der Waals surface area contributed by atoms with Crippen LogP contribution in [0.3, 0.4) is 0 Å². The van der Waals surface area contributed by atoms with Crippen molar-refractivity contribution in [3.8, 4) is 17.6 Å². The minimum atomic E-state index is -0.615. The molecular weight excluding hydrogens is 435 g/mol. The van der Waals surface area contributed by atoms with Gasteiger partial charge in [-0.05, 0) is 36.8 Å². The van der Waals surface area contributed by atoms with Gasteiger partial charge in [-0.15, -0.1) is 0 Å². The van der Waals surface area contributed by atoms with Crippen molar-refractivity contribution in [3.63, 3.8) is 0 Å². The zero-order valence-electron chi connectivity index (χ0n) is 16.4. The number of allylic oxidation sites excluding steroid dienone is 1. The van der Waals surface area contributed by atoms with Gasteiger partial charge in [0.25, 0.3) is 0 Å². The zero-order valence-corrected chi connectivity index (χ0v) is 17.9. The topological polar surface area (TPSA) is 85.3 Å². The van der Waals surface area contributed by atoms with Crippen molar-refractivity contribution in [2.75, 3.05) is 0 Å². The number of aryl methyl sites for hydroxylation is 1. The van der Waals surface area contributed by atoms with Crippen LogP contribution in [-0.2, 0) is 0 Å². The fourth-order valence-corrected chi connectivity index (χ4v) is 4.16. The molecule has 31 heavy (non-hydrogen) atoms. The summed E-state index contributed by atoms with van der Waals surface area (Å²) in [5.74, 6) is -0.521. The number of benzene rings is 3. The number of nitrogens with zero attached hydrogens (tertiary/aromatic N) is 1. The first kappa shape index (κ1) is 20.8. The molecule has 0 aliphatic carbocycles. The predicted molar refractivity (Wildman–Crippen MR) is 118 cm³/mol. The number of nitriles is 1. The molecule has 1 aliphatic heterocycles. The largest absolute Gasteiger partial charge is 0.440 e. The van der Waals surface area contributed by atoms with E-state index in [1.807, 2.05) is 19.1 Å². The van der Waals surface area contributed by atoms with Crippen molar-refractivity contribution in [2.24, 2.45) is 5.73 Å². The fourth-order valence-electron chi connectivity index (χ4n) is 3.55. The Morgan fingerprint density at radius 1 is 1.10 bits per heavy atom. The molecule has 5 nitrogen and oxygen atoms in total. The molecule has 154 valence electrons. The molecule has 0 spiro atoms. The molecule has 2 N–H and O–H groups in total. The van der Waals surface area contributed by atoms with Gasteiger partial charge in [-0.25, -0.2) is 4.79 Å². The summed E-state index contributed by atoms with van der Waals surface area (Å²) < 4.78 is 11.2. The van der Waals surface area contributed by atoms with E-state index in [0.29, 0.717) is 32.5 Å². The van der Waals surface area contributed by atoms with E-state index >= 15 is 0 Å². The van der Waals surface area contributed by atoms with Crippen LogP contribution in [0.25, 0.3) is 0 Å². The Morgan fingerprint density at radius 3 is 2.48 bits per heavy atom. The molecule has 0 amide bonds. The van der Waals surface area contributed by atoms with Crippen molar-refractivity contribution >= 4 is 29.2 Å². The first-order chi connectivity index (χ1) is 14.9. The Labute approximate surface area is 189 Å². The third-order valence-corrected chi connectivity index (χ3v) is 5.71. The second kappa shape index (κ2) is 8.35. The molecule has 0 saturated carbocycles. The maximum atomic E-state index is 12.6. The first-order valence-corrected chi connectivity index (χ1v) is 10.1. The molecule has 0 saturated heterocycles. The second-order valence-electron chi connectivity index (χ2n) is 6.96. The maximum Gasteiger partial charge on any atom is 0.343 e. The summed E-state index contributed by atoms with van der Waals surface area (Å²) in [5, 5.41) is 10.5. The van der Waals surface area contributed by atoms with Crippen molar-refractivity contribution in [3.05, 3.63) is 104 Å². The lowest BCUT2D eigenvalue weighted by Gasteiger charge is -2.27. The summed E-state index contributed by atoms with van der Waals surface area (Å²) >= 11 is 12.8. The van der Waals surface area contributed by atoms with Gasteiger partial charge in [0.05, 0.1) is 11.5 Å². The average molecular weight is 451 g/mol. The minimum absolute atomic E-state index is 0.0571. The maximum absolute atomic E-state index is 12.6. The molecule has 0 radical (unpaired) electrons. The van der Waals surface area contributed by atoms with Gasteiger partial charge in [-0.2, -0.15) is 5.26 Å². The summed E-state index contributed by atoms with van der Waals surface area (Å²) in [6.45, 7) is 1.83. The van der Waals surface area contributed by atoms with E-state index in [-0.39, 0.29) is 17.2 Å². The number of hydrogen-bond acceptors (Lipinski definition) is 5. The Balaban J connectivity index is 1.75. The molecule has 3 aromatic carbocycles. The Hall–Kier alpha value is -3.46. The van der Waals surface area contributed by atoms with Gasteiger partial charge in [-0.3, -0.25) is 0 Å². The van der Waals surface area contributed by atoms with Gasteiger partial charge in [0, 0.05) is 27.2 Å². The number of carbonyl (C=O) groups excluding carboxylic acids is 1. The van der Waals surface area contributed by atoms with Crippen molar-refractivity contribution in [2.45, 2.75) is 12.8 Å². The molecule has 1 unspecified atom stereocenters. The van der Waals surface area contributed by atoms with Crippen LogP contribution in [0.5, 0.6) is 11.5 Å². The van der Waals surface area contributed by atoms with E-state index in [0.717, 1.165) is 5.56 Å². The average Bonchev–Trinajstić information content (AvgIpc) is 2.73. The smallest absolute Gasteiger partial charge is 0.343 e. The molecule has 1 atom stereocenters. The van der Waals surface area contributed by atoms with Gasteiger partial charge in [0.15, 0.2) is 0 Å². The quantitative estimate of drug-likeness (QED) is 0.406. The van der Waals surface area contributed by atoms with Crippen molar-refractivity contribution in [1.29, 1.82) is 5.26 Å². The van der Waals surface area contributed by atoms with E-state index in [9.17, 15) is 10.1 Å². The normalized spacial score (nSPS) is 15.0. The number of rotatable bonds is 3. The number of ether oxygens (including phenoxy) is 2. The van der Waals surface area contributed by atoms with Crippen LogP contribution in [0.15, 0.2) is 72.1 Å². The lowest BCUT2D eigenvalue weighted by molar-refractivity contribution is 0.0733. The number of esters is 1. The van der Waals surface area contributed by atoms with E-state index in [1.54, 1.807) is 48.5 Å². The Kier molecular flexibility index (Phi) is 5.60. The van der Waals surface area contributed by atoms with E-state index < -0.39 is 11.9 Å². The highest BCUT2D eigenvalue weighted by atomic mass is 35.5. The summed E-state index contributed by atoms with van der Waals surface area (Å²) in [5.41, 5.74) is 8.70. The van der Waals surface area contributed by atoms with Crippen molar-refractivity contribution in [1.82, 2.24) is 0 Å². The molecular formula is C24H16Cl2N2O3. The number of carbonyl (C=O) groups is 1. The standard InChI is InChI=1S/C24H16Cl2N2O3/c1-13-5-2-3-6-15(13)24(29)30-14-9-10-16-20(11-14)31-23(28)17(12-27)21(16)22-18(25)7-4-8-19(22)26/h2-11,21H,28H2,1H3. The van der Waals surface area contributed by atoms with E-state index in [2.05, 4.69) is 6.07 Å². The van der Waals surface area contributed by atoms with Crippen LogP contribution in [0, 0.1) is 18.3 Å². The number of hydrogen-bond donors (Lipinski definition) is 1. The summed E-state index contributed by atoms with van der Waals surface area (Å²) in [6.07, 6.45) is 0. The number of nitrogens with two attached hydrogens (primary N) is 1. The minimum Gasteiger partial charge on any atom is -0.440 e. The van der Waals surface area contributed by atoms with Crippen molar-refractivity contribution < 1.29 is 14.3 Å². The van der Waals surface area contributed by atoms with Gasteiger partial charge in [0.2, 0.25) is 5.88 Å². The molecule has 1 heterocycles. The molecule has 0 fully saturated rings. The highest BCUT2D eigenvalue weighted by Crippen LogP contribution is 2.47. The van der Waals surface area contributed by atoms with Crippen LogP contribution < -0.4 is 15.2 Å².